The van der Waals surface area contributed by atoms with Gasteiger partial charge < -0.3 is 39.0 Å². The number of hydrogen-bond donors (Lipinski definition) is 2. The van der Waals surface area contributed by atoms with E-state index in [0.29, 0.717) is 81.8 Å². The molecule has 6 atom stereocenters. The normalized spacial score (nSPS) is 16.1. The Hall–Kier alpha value is 0.420. The van der Waals surface area contributed by atoms with Crippen LogP contribution in [0.25, 0.3) is 0 Å². The van der Waals surface area contributed by atoms with Gasteiger partial charge in [0.15, 0.2) is 39.7 Å². The highest BCUT2D eigenvalue weighted by atomic mass is 32.2. The molecule has 0 aliphatic rings. The molecule has 0 radical (unpaired) electrons. The van der Waals surface area contributed by atoms with Crippen LogP contribution in [-0.4, -0.2) is 160 Å². The Bertz CT molecular complexity index is 1200. The maximum atomic E-state index is 13.6. The Kier molecular flexibility index (Phi) is 34.1. The minimum absolute atomic E-state index is 0.0700. The van der Waals surface area contributed by atoms with Crippen LogP contribution in [0.15, 0.2) is 0 Å². The molecule has 0 aromatic carbocycles. The highest BCUT2D eigenvalue weighted by Gasteiger charge is 2.38. The second kappa shape index (κ2) is 33.9. The van der Waals surface area contributed by atoms with Crippen molar-refractivity contribution in [1.29, 1.82) is 0 Å². The molecule has 3 N–H and O–H groups in total. The average Bonchev–Trinajstić information content (AvgIpc) is 3.17. The van der Waals surface area contributed by atoms with E-state index >= 15 is 0 Å². The lowest BCUT2D eigenvalue weighted by Gasteiger charge is -2.46. The second-order valence-corrected chi connectivity index (χ2v) is 24.6. The van der Waals surface area contributed by atoms with Crippen molar-refractivity contribution >= 4 is 50.7 Å². The Morgan fingerprint density at radius 1 is 0.578 bits per heavy atom. The molecule has 0 bridgehead atoms. The zero-order valence-electron chi connectivity index (χ0n) is 44.3. The fraction of sp³-hybridized carbons (Fsp3) is 0.957. The van der Waals surface area contributed by atoms with Crippen LogP contribution in [-0.2, 0) is 37.6 Å². The van der Waals surface area contributed by atoms with Crippen LogP contribution >= 0.6 is 40.4 Å². The van der Waals surface area contributed by atoms with Gasteiger partial charge in [0, 0.05) is 104 Å². The van der Waals surface area contributed by atoms with E-state index in [4.69, 9.17) is 33.7 Å². The predicted molar refractivity (Wildman–Crippen MR) is 276 cm³/mol. The molecule has 0 rings (SSSR count). The Labute approximate surface area is 404 Å². The van der Waals surface area contributed by atoms with Gasteiger partial charge in [0.05, 0.1) is 13.2 Å². The molecule has 0 saturated heterocycles. The fourth-order valence-electron chi connectivity index (χ4n) is 7.21. The van der Waals surface area contributed by atoms with E-state index < -0.39 is 34.9 Å². The smallest absolute Gasteiger partial charge is 0.195 e. The molecule has 14 nitrogen and oxygen atoms in total. The van der Waals surface area contributed by atoms with Gasteiger partial charge in [-0.2, -0.15) is 0 Å². The molecule has 0 saturated carbocycles. The summed E-state index contributed by atoms with van der Waals surface area (Å²) in [7, 11) is -2.32. The number of hydrogen-bond acceptors (Lipinski definition) is 16. The number of carbonyl (C=O) groups is 2. The third-order valence-corrected chi connectivity index (χ3v) is 18.5. The number of rotatable bonds is 37. The summed E-state index contributed by atoms with van der Waals surface area (Å²) in [5.74, 6) is 0.821. The molecule has 0 fully saturated rings. The van der Waals surface area contributed by atoms with Gasteiger partial charge in [0.2, 0.25) is 0 Å². The number of nitrogens with two attached hydrogens (primary N) is 1. The van der Waals surface area contributed by atoms with Gasteiger partial charge in [-0.05, 0) is 125 Å². The largest absolute Gasteiger partial charge is 0.351 e. The lowest BCUT2D eigenvalue weighted by atomic mass is 9.95. The summed E-state index contributed by atoms with van der Waals surface area (Å²) in [5, 5.41) is 3.82. The highest BCUT2D eigenvalue weighted by molar-refractivity contribution is 8.14. The topological polar surface area (TPSA) is 141 Å². The summed E-state index contributed by atoms with van der Waals surface area (Å²) in [5.41, 5.74) is 5.33. The van der Waals surface area contributed by atoms with Gasteiger partial charge in [-0.25, -0.2) is 18.7 Å². The molecule has 0 aliphatic heterocycles. The van der Waals surface area contributed by atoms with Gasteiger partial charge in [-0.3, -0.25) is 9.59 Å². The Morgan fingerprint density at radius 2 is 0.938 bits per heavy atom. The van der Waals surface area contributed by atoms with Crippen LogP contribution in [0.1, 0.15) is 145 Å². The molecular formula is C46H98N6O8P2S2. The minimum atomic E-state index is -1.25. The van der Waals surface area contributed by atoms with Crippen molar-refractivity contribution in [3.63, 3.8) is 0 Å². The van der Waals surface area contributed by atoms with Crippen molar-refractivity contribution in [2.24, 2.45) is 17.1 Å². The van der Waals surface area contributed by atoms with Crippen molar-refractivity contribution in [3.05, 3.63) is 0 Å². The molecule has 18 heteroatoms. The number of nitrogens with zero attached hydrogens (tertiary/aromatic N) is 4. The van der Waals surface area contributed by atoms with Crippen LogP contribution in [0, 0.1) is 11.3 Å². The van der Waals surface area contributed by atoms with E-state index in [-0.39, 0.29) is 53.0 Å². The summed E-state index contributed by atoms with van der Waals surface area (Å²) in [6, 6.07) is 1.74. The first-order valence-electron chi connectivity index (χ1n) is 24.0. The summed E-state index contributed by atoms with van der Waals surface area (Å²) in [6.07, 6.45) is -1.10. The summed E-state index contributed by atoms with van der Waals surface area (Å²) >= 11 is 2.56. The summed E-state index contributed by atoms with van der Waals surface area (Å²) < 4.78 is 47.7. The lowest BCUT2D eigenvalue weighted by Crippen LogP contribution is -2.48. The van der Waals surface area contributed by atoms with Gasteiger partial charge in [0.1, 0.15) is 13.2 Å². The monoisotopic (exact) mass is 989 g/mol. The van der Waals surface area contributed by atoms with Crippen LogP contribution in [0.2, 0.25) is 0 Å². The molecular weight excluding hydrogens is 891 g/mol. The van der Waals surface area contributed by atoms with Crippen molar-refractivity contribution < 1.29 is 37.6 Å². The van der Waals surface area contributed by atoms with Crippen molar-refractivity contribution in [1.82, 2.24) is 24.0 Å². The number of nitrogens with one attached hydrogen (secondary N) is 1. The third kappa shape index (κ3) is 23.8. The quantitative estimate of drug-likeness (QED) is 0.0346. The molecule has 0 amide bonds. The fourth-order valence-corrected chi connectivity index (χ4v) is 13.6. The predicted octanol–water partition coefficient (Wildman–Crippen LogP) is 9.81. The summed E-state index contributed by atoms with van der Waals surface area (Å²) in [4.78, 5) is 26.1. The lowest BCUT2D eigenvalue weighted by molar-refractivity contribution is -0.152. The van der Waals surface area contributed by atoms with Crippen LogP contribution < -0.4 is 11.1 Å². The van der Waals surface area contributed by atoms with Gasteiger partial charge >= 0.3 is 0 Å². The Morgan fingerprint density at radius 3 is 1.28 bits per heavy atom. The SMILES string of the molecule is CCOC(COP(N(C(C)C)C(C)C)N(C(C)C)C(C)C)OCCSC(=O)C(C)(C)CNCC(C)N(C(C)C)P(OCC(OCC)OCCSC(=O)C(C)C(C)N)N(C(C)C)C(C)C. The van der Waals surface area contributed by atoms with Crippen LogP contribution in [0.4, 0.5) is 0 Å². The van der Waals surface area contributed by atoms with E-state index in [1.807, 2.05) is 41.5 Å². The van der Waals surface area contributed by atoms with E-state index in [2.05, 4.69) is 128 Å². The first-order chi connectivity index (χ1) is 29.8. The van der Waals surface area contributed by atoms with E-state index in [9.17, 15) is 9.59 Å². The van der Waals surface area contributed by atoms with E-state index in [1.165, 1.54) is 23.5 Å². The minimum Gasteiger partial charge on any atom is -0.351 e. The maximum Gasteiger partial charge on any atom is 0.195 e. The number of thioether (sulfide) groups is 2. The number of ether oxygens (including phenoxy) is 4. The number of carbonyl (C=O) groups excluding carboxylic acids is 2. The first kappa shape index (κ1) is 64.4. The molecule has 0 spiro atoms. The standard InChI is InChI=1S/C46H98N6O8P2S2/c1-22-55-42(29-59-61(49(32(3)4)33(5)6)50(34(7)8)35(9)10)58-25-27-64-45(54)46(20,21)31-48-28-39(17)52(38(15)16)62(51(36(11)12)37(13)14)60-30-43(56-23-2)57-24-26-63-44(53)40(18)41(19)47/h32-43,48H,22-31,47H2,1-21H3. The van der Waals surface area contributed by atoms with Crippen LogP contribution in [0.5, 0.6) is 0 Å². The molecule has 0 aromatic heterocycles. The van der Waals surface area contributed by atoms with Gasteiger partial charge in [-0.1, -0.05) is 44.3 Å². The van der Waals surface area contributed by atoms with Gasteiger partial charge in [0.25, 0.3) is 0 Å². The van der Waals surface area contributed by atoms with Crippen molar-refractivity contribution in [2.45, 2.75) is 212 Å². The molecule has 0 aliphatic carbocycles. The van der Waals surface area contributed by atoms with E-state index in [0.717, 1.165) is 0 Å². The van der Waals surface area contributed by atoms with E-state index in [1.54, 1.807) is 0 Å². The molecule has 64 heavy (non-hydrogen) atoms. The van der Waals surface area contributed by atoms with Crippen molar-refractivity contribution in [2.75, 3.05) is 64.2 Å². The molecule has 0 aromatic rings. The Balaban J connectivity index is 5.66. The van der Waals surface area contributed by atoms with Crippen LogP contribution in [0.3, 0.4) is 0 Å². The second-order valence-electron chi connectivity index (χ2n) is 19.1. The zero-order valence-corrected chi connectivity index (χ0v) is 47.8. The molecule has 6 unspecified atom stereocenters. The van der Waals surface area contributed by atoms with Gasteiger partial charge in [-0.15, -0.1) is 0 Å². The first-order valence-corrected chi connectivity index (χ1v) is 28.3. The average molecular weight is 989 g/mol. The third-order valence-electron chi connectivity index (χ3n) is 10.3. The summed E-state index contributed by atoms with van der Waals surface area (Å²) in [6.45, 7) is 48.3. The zero-order chi connectivity index (χ0) is 49.5. The molecule has 382 valence electrons. The maximum absolute atomic E-state index is 13.6. The molecule has 0 heterocycles. The highest BCUT2D eigenvalue weighted by Crippen LogP contribution is 2.52. The van der Waals surface area contributed by atoms with Crippen molar-refractivity contribution in [3.8, 4) is 0 Å².